The molecule has 2 aromatic carbocycles. The van der Waals surface area contributed by atoms with E-state index < -0.39 is 0 Å². The van der Waals surface area contributed by atoms with Gasteiger partial charge in [-0.3, -0.25) is 0 Å². The molecule has 2 heteroatoms. The van der Waals surface area contributed by atoms with E-state index in [9.17, 15) is 0 Å². The summed E-state index contributed by atoms with van der Waals surface area (Å²) in [4.78, 5) is 0. The van der Waals surface area contributed by atoms with E-state index in [4.69, 9.17) is 17.3 Å². The molecule has 1 nitrogen and oxygen atoms in total. The molecule has 2 rings (SSSR count). The van der Waals surface area contributed by atoms with Gasteiger partial charge in [-0.15, -0.1) is 0 Å². The van der Waals surface area contributed by atoms with Crippen LogP contribution in [0.2, 0.25) is 5.02 Å². The minimum atomic E-state index is 0.184. The summed E-state index contributed by atoms with van der Waals surface area (Å²) < 4.78 is 0. The Morgan fingerprint density at radius 2 is 1.67 bits per heavy atom. The SMILES string of the molecule is NC(CCc1ccccc1)Cc1cccc(Cl)c1. The summed E-state index contributed by atoms with van der Waals surface area (Å²) in [5.41, 5.74) is 8.72. The van der Waals surface area contributed by atoms with Crippen LogP contribution in [0.5, 0.6) is 0 Å². The van der Waals surface area contributed by atoms with Crippen molar-refractivity contribution in [2.45, 2.75) is 25.3 Å². The number of aryl methyl sites for hydroxylation is 1. The van der Waals surface area contributed by atoms with E-state index in [2.05, 4.69) is 30.3 Å². The largest absolute Gasteiger partial charge is 0.327 e. The third kappa shape index (κ3) is 4.17. The molecule has 1 unspecified atom stereocenters. The van der Waals surface area contributed by atoms with Gasteiger partial charge in [0.2, 0.25) is 0 Å². The topological polar surface area (TPSA) is 26.0 Å². The zero-order valence-corrected chi connectivity index (χ0v) is 11.1. The van der Waals surface area contributed by atoms with Crippen LogP contribution in [0.25, 0.3) is 0 Å². The molecule has 0 aliphatic rings. The first-order valence-electron chi connectivity index (χ1n) is 6.28. The molecular formula is C16H18ClN. The van der Waals surface area contributed by atoms with Crippen LogP contribution in [0, 0.1) is 0 Å². The molecular weight excluding hydrogens is 242 g/mol. The van der Waals surface area contributed by atoms with Crippen molar-refractivity contribution < 1.29 is 0 Å². The standard InChI is InChI=1S/C16H18ClN/c17-15-8-4-7-14(11-15)12-16(18)10-9-13-5-2-1-3-6-13/h1-8,11,16H,9-10,12,18H2. The molecule has 0 saturated carbocycles. The van der Waals surface area contributed by atoms with Crippen LogP contribution < -0.4 is 5.73 Å². The second-order valence-electron chi connectivity index (χ2n) is 4.62. The Morgan fingerprint density at radius 3 is 2.39 bits per heavy atom. The lowest BCUT2D eigenvalue weighted by molar-refractivity contribution is 0.610. The van der Waals surface area contributed by atoms with E-state index in [1.807, 2.05) is 24.3 Å². The predicted octanol–water partition coefficient (Wildman–Crippen LogP) is 3.84. The van der Waals surface area contributed by atoms with Crippen LogP contribution in [0.4, 0.5) is 0 Å². The quantitative estimate of drug-likeness (QED) is 0.867. The van der Waals surface area contributed by atoms with E-state index in [1.165, 1.54) is 11.1 Å². The van der Waals surface area contributed by atoms with Crippen molar-refractivity contribution in [2.75, 3.05) is 0 Å². The van der Waals surface area contributed by atoms with E-state index in [0.717, 1.165) is 24.3 Å². The van der Waals surface area contributed by atoms with Gasteiger partial charge in [0.25, 0.3) is 0 Å². The van der Waals surface area contributed by atoms with Crippen LogP contribution in [0.1, 0.15) is 17.5 Å². The van der Waals surface area contributed by atoms with Crippen molar-refractivity contribution in [2.24, 2.45) is 5.73 Å². The molecule has 2 aromatic rings. The third-order valence-corrected chi connectivity index (χ3v) is 3.27. The minimum absolute atomic E-state index is 0.184. The summed E-state index contributed by atoms with van der Waals surface area (Å²) in [5, 5.41) is 0.780. The van der Waals surface area contributed by atoms with Crippen molar-refractivity contribution in [1.29, 1.82) is 0 Å². The van der Waals surface area contributed by atoms with E-state index >= 15 is 0 Å². The highest BCUT2D eigenvalue weighted by Crippen LogP contribution is 2.13. The van der Waals surface area contributed by atoms with Crippen LogP contribution in [-0.2, 0) is 12.8 Å². The molecule has 94 valence electrons. The summed E-state index contributed by atoms with van der Waals surface area (Å²) in [6, 6.07) is 18.6. The number of hydrogen-bond donors (Lipinski definition) is 1. The highest BCUT2D eigenvalue weighted by molar-refractivity contribution is 6.30. The van der Waals surface area contributed by atoms with Crippen molar-refractivity contribution in [3.05, 3.63) is 70.7 Å². The fraction of sp³-hybridized carbons (Fsp3) is 0.250. The molecule has 1 atom stereocenters. The summed E-state index contributed by atoms with van der Waals surface area (Å²) in [6.07, 6.45) is 2.91. The van der Waals surface area contributed by atoms with Gasteiger partial charge in [-0.1, -0.05) is 54.1 Å². The lowest BCUT2D eigenvalue weighted by Gasteiger charge is -2.11. The summed E-state index contributed by atoms with van der Waals surface area (Å²) >= 11 is 5.96. The van der Waals surface area contributed by atoms with Gasteiger partial charge in [0.05, 0.1) is 0 Å². The van der Waals surface area contributed by atoms with Crippen LogP contribution in [0.15, 0.2) is 54.6 Å². The first-order chi connectivity index (χ1) is 8.74. The molecule has 0 radical (unpaired) electrons. The number of halogens is 1. The lowest BCUT2D eigenvalue weighted by atomic mass is 10.00. The van der Waals surface area contributed by atoms with Gasteiger partial charge in [-0.25, -0.2) is 0 Å². The Bertz CT molecular complexity index is 481. The van der Waals surface area contributed by atoms with Crippen molar-refractivity contribution in [1.82, 2.24) is 0 Å². The van der Waals surface area contributed by atoms with Gasteiger partial charge in [0, 0.05) is 11.1 Å². The van der Waals surface area contributed by atoms with Gasteiger partial charge in [-0.05, 0) is 42.5 Å². The Hall–Kier alpha value is -1.31. The number of hydrogen-bond acceptors (Lipinski definition) is 1. The van der Waals surface area contributed by atoms with Gasteiger partial charge in [-0.2, -0.15) is 0 Å². The Labute approximate surface area is 114 Å². The maximum atomic E-state index is 6.16. The molecule has 0 aliphatic heterocycles. The molecule has 18 heavy (non-hydrogen) atoms. The average Bonchev–Trinajstić information content (AvgIpc) is 2.38. The molecule has 0 aliphatic carbocycles. The normalized spacial score (nSPS) is 12.3. The van der Waals surface area contributed by atoms with Crippen LogP contribution in [0.3, 0.4) is 0 Å². The predicted molar refractivity (Wildman–Crippen MR) is 77.9 cm³/mol. The highest BCUT2D eigenvalue weighted by Gasteiger charge is 2.05. The minimum Gasteiger partial charge on any atom is -0.327 e. The van der Waals surface area contributed by atoms with Gasteiger partial charge in [0.15, 0.2) is 0 Å². The summed E-state index contributed by atoms with van der Waals surface area (Å²) in [6.45, 7) is 0. The average molecular weight is 260 g/mol. The molecule has 0 saturated heterocycles. The summed E-state index contributed by atoms with van der Waals surface area (Å²) in [5.74, 6) is 0. The van der Waals surface area contributed by atoms with Gasteiger partial charge < -0.3 is 5.73 Å². The summed E-state index contributed by atoms with van der Waals surface area (Å²) in [7, 11) is 0. The number of benzene rings is 2. The lowest BCUT2D eigenvalue weighted by Crippen LogP contribution is -2.23. The molecule has 0 heterocycles. The highest BCUT2D eigenvalue weighted by atomic mass is 35.5. The van der Waals surface area contributed by atoms with Crippen molar-refractivity contribution in [3.8, 4) is 0 Å². The van der Waals surface area contributed by atoms with E-state index in [0.29, 0.717) is 0 Å². The monoisotopic (exact) mass is 259 g/mol. The van der Waals surface area contributed by atoms with Crippen molar-refractivity contribution >= 4 is 11.6 Å². The zero-order chi connectivity index (χ0) is 12.8. The second-order valence-corrected chi connectivity index (χ2v) is 5.05. The number of rotatable bonds is 5. The fourth-order valence-corrected chi connectivity index (χ4v) is 2.28. The van der Waals surface area contributed by atoms with E-state index in [1.54, 1.807) is 0 Å². The Morgan fingerprint density at radius 1 is 0.944 bits per heavy atom. The van der Waals surface area contributed by atoms with Crippen LogP contribution in [-0.4, -0.2) is 6.04 Å². The Kier molecular flexibility index (Phi) is 4.80. The molecule has 0 fully saturated rings. The van der Waals surface area contributed by atoms with Crippen LogP contribution >= 0.6 is 11.6 Å². The molecule has 0 aromatic heterocycles. The van der Waals surface area contributed by atoms with Gasteiger partial charge >= 0.3 is 0 Å². The zero-order valence-electron chi connectivity index (χ0n) is 10.4. The maximum Gasteiger partial charge on any atom is 0.0408 e. The smallest absolute Gasteiger partial charge is 0.0408 e. The van der Waals surface area contributed by atoms with E-state index in [-0.39, 0.29) is 6.04 Å². The van der Waals surface area contributed by atoms with Gasteiger partial charge in [0.1, 0.15) is 0 Å². The first-order valence-corrected chi connectivity index (χ1v) is 6.66. The third-order valence-electron chi connectivity index (χ3n) is 3.03. The molecule has 2 N–H and O–H groups in total. The Balaban J connectivity index is 1.84. The second kappa shape index (κ2) is 6.58. The first kappa shape index (κ1) is 13.1. The number of nitrogens with two attached hydrogens (primary N) is 1. The maximum absolute atomic E-state index is 6.16. The fourth-order valence-electron chi connectivity index (χ4n) is 2.07. The molecule has 0 spiro atoms. The van der Waals surface area contributed by atoms with Crippen molar-refractivity contribution in [3.63, 3.8) is 0 Å². The molecule has 0 bridgehead atoms. The molecule has 0 amide bonds.